The van der Waals surface area contributed by atoms with Gasteiger partial charge in [-0.3, -0.25) is 0 Å². The number of carbonyl (C=O) groups is 1. The highest BCUT2D eigenvalue weighted by molar-refractivity contribution is 5.92. The summed E-state index contributed by atoms with van der Waals surface area (Å²) in [5, 5.41) is 9.55. The zero-order valence-corrected chi connectivity index (χ0v) is 23.7. The maximum Gasteiger partial charge on any atom is 0.335 e. The number of imidazole rings is 1. The normalized spacial score (nSPS) is 17.0. The minimum Gasteiger partial charge on any atom is -0.478 e. The summed E-state index contributed by atoms with van der Waals surface area (Å²) in [6.45, 7) is 7.86. The number of anilines is 1. The lowest BCUT2D eigenvalue weighted by atomic mass is 9.90. The topological polar surface area (TPSA) is 111 Å². The molecule has 0 bridgehead atoms. The summed E-state index contributed by atoms with van der Waals surface area (Å²) in [5.74, 6) is -2.62. The third kappa shape index (κ3) is 5.22. The van der Waals surface area contributed by atoms with Crippen molar-refractivity contribution in [1.29, 1.82) is 0 Å². The number of carboxylic acid groups (broad SMARTS) is 1. The second-order valence-electron chi connectivity index (χ2n) is 11.4. The van der Waals surface area contributed by atoms with Gasteiger partial charge < -0.3 is 23.7 Å². The van der Waals surface area contributed by atoms with E-state index in [2.05, 4.69) is 14.8 Å². The highest BCUT2D eigenvalue weighted by atomic mass is 19.1. The monoisotopic (exact) mass is 614 g/mol. The number of carboxylic acids is 1. The van der Waals surface area contributed by atoms with E-state index in [-0.39, 0.29) is 40.6 Å². The fraction of sp³-hybridized carbons (Fsp3) is 0.281. The molecule has 4 heterocycles. The van der Waals surface area contributed by atoms with E-state index in [1.165, 1.54) is 24.5 Å². The average molecular weight is 615 g/mol. The Labute approximate surface area is 254 Å². The van der Waals surface area contributed by atoms with Gasteiger partial charge in [0.1, 0.15) is 31.1 Å². The van der Waals surface area contributed by atoms with Gasteiger partial charge in [-0.15, -0.1) is 0 Å². The minimum absolute atomic E-state index is 0.0420. The maximum atomic E-state index is 15.0. The lowest BCUT2D eigenvalue weighted by Gasteiger charge is -2.34. The maximum absolute atomic E-state index is 15.0. The predicted octanol–water partition coefficient (Wildman–Crippen LogP) is 6.49. The van der Waals surface area contributed by atoms with Crippen molar-refractivity contribution in [2.75, 3.05) is 18.0 Å². The molecule has 1 saturated heterocycles. The van der Waals surface area contributed by atoms with E-state index < -0.39 is 29.3 Å². The Hall–Kier alpha value is -5.38. The smallest absolute Gasteiger partial charge is 0.335 e. The third-order valence-electron chi connectivity index (χ3n) is 8.77. The van der Waals surface area contributed by atoms with Crippen LogP contribution in [-0.2, 0) is 13.2 Å². The first-order chi connectivity index (χ1) is 21.7. The predicted molar refractivity (Wildman–Crippen MR) is 155 cm³/mol. The molecular formula is C32H25F3N6O4. The Morgan fingerprint density at radius 3 is 2.62 bits per heavy atom. The van der Waals surface area contributed by atoms with Gasteiger partial charge in [0.05, 0.1) is 29.4 Å². The highest BCUT2D eigenvalue weighted by Gasteiger charge is 2.57. The van der Waals surface area contributed by atoms with Crippen LogP contribution < -0.4 is 9.64 Å². The molecule has 1 saturated carbocycles. The largest absolute Gasteiger partial charge is 0.478 e. The number of hydrogen-bond acceptors (Lipinski definition) is 7. The zero-order chi connectivity index (χ0) is 31.3. The van der Waals surface area contributed by atoms with Crippen LogP contribution in [0.5, 0.6) is 5.88 Å². The van der Waals surface area contributed by atoms with Gasteiger partial charge in [0.2, 0.25) is 5.89 Å². The molecule has 1 N–H and O–H groups in total. The molecule has 2 aliphatic rings. The molecule has 1 spiro atoms. The third-order valence-corrected chi connectivity index (χ3v) is 8.77. The van der Waals surface area contributed by atoms with E-state index in [0.29, 0.717) is 49.4 Å². The zero-order valence-electron chi connectivity index (χ0n) is 23.7. The Morgan fingerprint density at radius 2 is 1.91 bits per heavy atom. The van der Waals surface area contributed by atoms with Crippen LogP contribution >= 0.6 is 0 Å². The summed E-state index contributed by atoms with van der Waals surface area (Å²) in [5.41, 5.74) is 1.66. The molecule has 3 aromatic heterocycles. The number of fused-ring (bicyclic) bond motifs is 1. The molecule has 1 aliphatic carbocycles. The summed E-state index contributed by atoms with van der Waals surface area (Å²) in [7, 11) is 0. The van der Waals surface area contributed by atoms with Crippen molar-refractivity contribution < 1.29 is 32.2 Å². The average Bonchev–Trinajstić information content (AvgIpc) is 3.32. The summed E-state index contributed by atoms with van der Waals surface area (Å²) < 4.78 is 56.7. The molecule has 228 valence electrons. The SMILES string of the molecule is [C-]#[N+]c1ccc(COc2nc(N3CCC4(CC3)CC4c3nc4ccc(C(=O)O)cc4n3Cc3ncco3)c(F)cc2F)c(F)c1. The molecule has 2 aromatic carbocycles. The number of piperidine rings is 1. The van der Waals surface area contributed by atoms with Crippen LogP contribution in [0.25, 0.3) is 15.9 Å². The second kappa shape index (κ2) is 11.0. The van der Waals surface area contributed by atoms with Crippen molar-refractivity contribution in [3.05, 3.63) is 107 Å². The van der Waals surface area contributed by atoms with E-state index in [9.17, 15) is 23.1 Å². The van der Waals surface area contributed by atoms with E-state index >= 15 is 0 Å². The van der Waals surface area contributed by atoms with Crippen molar-refractivity contribution in [3.8, 4) is 5.88 Å². The number of benzene rings is 2. The number of hydrogen-bond donors (Lipinski definition) is 1. The molecule has 1 aliphatic heterocycles. The van der Waals surface area contributed by atoms with Gasteiger partial charge >= 0.3 is 5.97 Å². The summed E-state index contributed by atoms with van der Waals surface area (Å²) >= 11 is 0. The molecular weight excluding hydrogens is 589 g/mol. The summed E-state index contributed by atoms with van der Waals surface area (Å²) in [4.78, 5) is 29.9. The molecule has 13 heteroatoms. The van der Waals surface area contributed by atoms with Gasteiger partial charge in [0.15, 0.2) is 23.1 Å². The molecule has 5 aromatic rings. The number of oxazole rings is 1. The van der Waals surface area contributed by atoms with E-state index in [1.807, 2.05) is 4.57 Å². The van der Waals surface area contributed by atoms with Gasteiger partial charge in [-0.05, 0) is 48.9 Å². The molecule has 45 heavy (non-hydrogen) atoms. The quantitative estimate of drug-likeness (QED) is 0.198. The Kier molecular flexibility index (Phi) is 6.92. The fourth-order valence-corrected chi connectivity index (χ4v) is 6.23. The Bertz CT molecular complexity index is 1980. The lowest BCUT2D eigenvalue weighted by molar-refractivity contribution is 0.0697. The fourth-order valence-electron chi connectivity index (χ4n) is 6.23. The van der Waals surface area contributed by atoms with Crippen molar-refractivity contribution in [1.82, 2.24) is 19.5 Å². The van der Waals surface area contributed by atoms with Crippen LogP contribution in [0, 0.1) is 29.4 Å². The van der Waals surface area contributed by atoms with Gasteiger partial charge in [-0.2, -0.15) is 4.98 Å². The van der Waals surface area contributed by atoms with Crippen molar-refractivity contribution >= 4 is 28.5 Å². The van der Waals surface area contributed by atoms with Crippen LogP contribution in [0.4, 0.5) is 24.7 Å². The number of halogens is 3. The van der Waals surface area contributed by atoms with Gasteiger partial charge in [-0.1, -0.05) is 12.1 Å². The van der Waals surface area contributed by atoms with E-state index in [4.69, 9.17) is 20.7 Å². The Balaban J connectivity index is 1.09. The lowest BCUT2D eigenvalue weighted by Crippen LogP contribution is -2.36. The first-order valence-corrected chi connectivity index (χ1v) is 14.3. The summed E-state index contributed by atoms with van der Waals surface area (Å²) in [6.07, 6.45) is 5.29. The van der Waals surface area contributed by atoms with Crippen LogP contribution in [0.3, 0.4) is 0 Å². The number of aromatic nitrogens is 4. The van der Waals surface area contributed by atoms with Crippen molar-refractivity contribution in [2.24, 2.45) is 5.41 Å². The molecule has 0 radical (unpaired) electrons. The number of pyridine rings is 1. The molecule has 0 amide bonds. The molecule has 1 unspecified atom stereocenters. The van der Waals surface area contributed by atoms with Crippen LogP contribution in [0.2, 0.25) is 0 Å². The highest BCUT2D eigenvalue weighted by Crippen LogP contribution is 2.65. The van der Waals surface area contributed by atoms with Gasteiger partial charge in [-0.25, -0.2) is 32.8 Å². The number of ether oxygens (including phenoxy) is 1. The Morgan fingerprint density at radius 1 is 1.09 bits per heavy atom. The minimum atomic E-state index is -1.03. The van der Waals surface area contributed by atoms with Gasteiger partial charge in [0, 0.05) is 30.6 Å². The number of aromatic carboxylic acids is 1. The van der Waals surface area contributed by atoms with Gasteiger partial charge in [0.25, 0.3) is 5.88 Å². The first kappa shape index (κ1) is 28.4. The molecule has 1 atom stereocenters. The summed E-state index contributed by atoms with van der Waals surface area (Å²) in [6, 6.07) is 9.43. The second-order valence-corrected chi connectivity index (χ2v) is 11.4. The molecule has 7 rings (SSSR count). The van der Waals surface area contributed by atoms with Crippen LogP contribution in [-0.4, -0.2) is 43.7 Å². The van der Waals surface area contributed by atoms with Crippen LogP contribution in [0.1, 0.15) is 52.8 Å². The van der Waals surface area contributed by atoms with E-state index in [0.717, 1.165) is 24.4 Å². The standard InChI is InChI=1S/C32H25F3N6O4/c1-36-20-4-2-19(22(33)13-20)17-45-30-24(35)14-23(34)29(39-30)40-9-6-32(7-10-40)15-21(32)28-38-25-5-3-18(31(42)43)12-26(25)41(28)16-27-37-8-11-44-27/h2-5,8,11-14,21H,6-7,9-10,15-17H2,(H,42,43). The number of nitrogens with zero attached hydrogens (tertiary/aromatic N) is 6. The number of rotatable bonds is 8. The molecule has 2 fully saturated rings. The first-order valence-electron chi connectivity index (χ1n) is 14.3. The van der Waals surface area contributed by atoms with Crippen LogP contribution in [0.15, 0.2) is 59.3 Å². The van der Waals surface area contributed by atoms with Crippen molar-refractivity contribution in [2.45, 2.75) is 38.3 Å². The van der Waals surface area contributed by atoms with E-state index in [1.54, 1.807) is 23.2 Å². The van der Waals surface area contributed by atoms with Crippen molar-refractivity contribution in [3.63, 3.8) is 0 Å². The molecule has 10 nitrogen and oxygen atoms in total.